The van der Waals surface area contributed by atoms with Crippen LogP contribution in [0.25, 0.3) is 0 Å². The summed E-state index contributed by atoms with van der Waals surface area (Å²) < 4.78 is 10.8. The van der Waals surface area contributed by atoms with Gasteiger partial charge >= 0.3 is 0 Å². The van der Waals surface area contributed by atoms with E-state index in [1.807, 2.05) is 0 Å². The molecular weight excluding hydrogens is 358 g/mol. The quantitative estimate of drug-likeness (QED) is 0.742. The van der Waals surface area contributed by atoms with E-state index in [1.165, 1.54) is 0 Å². The Morgan fingerprint density at radius 1 is 1.12 bits per heavy atom. The van der Waals surface area contributed by atoms with Crippen LogP contribution in [0.2, 0.25) is 0 Å². The van der Waals surface area contributed by atoms with Crippen LogP contribution in [-0.2, 0) is 9.53 Å². The zero-order valence-corrected chi connectivity index (χ0v) is 15.2. The number of carbonyl (C=O) groups excluding carboxylic acids is 2. The van der Waals surface area contributed by atoms with Crippen LogP contribution in [0.3, 0.4) is 0 Å². The van der Waals surface area contributed by atoms with E-state index in [4.69, 9.17) is 9.15 Å². The second kappa shape index (κ2) is 9.38. The van der Waals surface area contributed by atoms with Crippen LogP contribution in [-0.4, -0.2) is 37.6 Å². The molecule has 0 bridgehead atoms. The zero-order valence-electron chi connectivity index (χ0n) is 14.4. The van der Waals surface area contributed by atoms with Crippen molar-refractivity contribution in [2.75, 3.05) is 30.3 Å². The number of hydrogen-bond donors (Lipinski definition) is 3. The first-order valence-electron chi connectivity index (χ1n) is 8.20. The molecule has 1 unspecified atom stereocenters. The summed E-state index contributed by atoms with van der Waals surface area (Å²) in [6.07, 6.45) is 0.215. The van der Waals surface area contributed by atoms with Gasteiger partial charge in [0.2, 0.25) is 5.91 Å². The summed E-state index contributed by atoms with van der Waals surface area (Å²) in [6, 6.07) is 10.3. The normalized spacial score (nSPS) is 16.4. The number of aryl methyl sites for hydroxylation is 1. The van der Waals surface area contributed by atoms with E-state index in [9.17, 15) is 9.59 Å². The highest BCUT2D eigenvalue weighted by Gasteiger charge is 2.17. The summed E-state index contributed by atoms with van der Waals surface area (Å²) in [4.78, 5) is 24.0. The van der Waals surface area contributed by atoms with Gasteiger partial charge in [-0.15, -0.1) is 12.4 Å². The molecule has 2 amide bonds. The summed E-state index contributed by atoms with van der Waals surface area (Å²) >= 11 is 0. The molecular formula is C18H22ClN3O4. The number of furan rings is 1. The Morgan fingerprint density at radius 3 is 2.38 bits per heavy atom. The van der Waals surface area contributed by atoms with Gasteiger partial charge in [0, 0.05) is 24.5 Å². The molecule has 3 rings (SSSR count). The van der Waals surface area contributed by atoms with Gasteiger partial charge in [-0.1, -0.05) is 0 Å². The molecule has 8 heteroatoms. The fourth-order valence-corrected chi connectivity index (χ4v) is 2.56. The lowest BCUT2D eigenvalue weighted by atomic mass is 10.2. The summed E-state index contributed by atoms with van der Waals surface area (Å²) in [7, 11) is 0. The minimum Gasteiger partial charge on any atom is -0.456 e. The maximum atomic E-state index is 12.0. The van der Waals surface area contributed by atoms with Gasteiger partial charge in [-0.25, -0.2) is 0 Å². The molecule has 140 valence electrons. The smallest absolute Gasteiger partial charge is 0.291 e. The van der Waals surface area contributed by atoms with Crippen molar-refractivity contribution in [3.8, 4) is 0 Å². The van der Waals surface area contributed by atoms with Crippen LogP contribution >= 0.6 is 12.4 Å². The molecule has 2 heterocycles. The van der Waals surface area contributed by atoms with Crippen molar-refractivity contribution in [3.63, 3.8) is 0 Å². The Morgan fingerprint density at radius 2 is 1.81 bits per heavy atom. The van der Waals surface area contributed by atoms with Crippen molar-refractivity contribution < 1.29 is 18.7 Å². The first-order valence-corrected chi connectivity index (χ1v) is 8.20. The van der Waals surface area contributed by atoms with E-state index in [2.05, 4.69) is 16.0 Å². The monoisotopic (exact) mass is 379 g/mol. The molecule has 0 radical (unpaired) electrons. The number of carbonyl (C=O) groups is 2. The molecule has 1 aliphatic heterocycles. The molecule has 1 aromatic heterocycles. The number of morpholine rings is 1. The van der Waals surface area contributed by atoms with Crippen LogP contribution < -0.4 is 16.0 Å². The summed E-state index contributed by atoms with van der Waals surface area (Å²) in [5.74, 6) is 0.528. The van der Waals surface area contributed by atoms with Gasteiger partial charge in [0.05, 0.1) is 19.1 Å². The maximum Gasteiger partial charge on any atom is 0.291 e. The van der Waals surface area contributed by atoms with E-state index < -0.39 is 0 Å². The molecule has 2 aromatic rings. The van der Waals surface area contributed by atoms with Crippen molar-refractivity contribution in [1.82, 2.24) is 5.32 Å². The van der Waals surface area contributed by atoms with Gasteiger partial charge in [-0.05, 0) is 43.3 Å². The predicted octanol–water partition coefficient (Wildman–Crippen LogP) is 2.58. The Labute approximate surface area is 157 Å². The van der Waals surface area contributed by atoms with E-state index >= 15 is 0 Å². The summed E-state index contributed by atoms with van der Waals surface area (Å²) in [5.41, 5.74) is 1.29. The van der Waals surface area contributed by atoms with Gasteiger partial charge in [-0.2, -0.15) is 0 Å². The lowest BCUT2D eigenvalue weighted by Gasteiger charge is -2.23. The fourth-order valence-electron chi connectivity index (χ4n) is 2.56. The Hall–Kier alpha value is -2.35. The third-order valence-electron chi connectivity index (χ3n) is 3.81. The molecule has 0 aliphatic carbocycles. The Kier molecular flexibility index (Phi) is 7.20. The second-order valence-electron chi connectivity index (χ2n) is 5.89. The number of benzene rings is 1. The number of rotatable bonds is 5. The van der Waals surface area contributed by atoms with Crippen molar-refractivity contribution in [1.29, 1.82) is 0 Å². The molecule has 3 N–H and O–H groups in total. The highest BCUT2D eigenvalue weighted by atomic mass is 35.5. The molecule has 0 spiro atoms. The van der Waals surface area contributed by atoms with E-state index in [0.717, 1.165) is 6.54 Å². The van der Waals surface area contributed by atoms with Crippen LogP contribution in [0.5, 0.6) is 0 Å². The maximum absolute atomic E-state index is 12.0. The van der Waals surface area contributed by atoms with Gasteiger partial charge in [0.1, 0.15) is 5.76 Å². The zero-order chi connectivity index (χ0) is 17.6. The number of halogens is 1. The molecule has 7 nitrogen and oxygen atoms in total. The van der Waals surface area contributed by atoms with Crippen LogP contribution in [0, 0.1) is 6.92 Å². The van der Waals surface area contributed by atoms with Crippen molar-refractivity contribution in [2.45, 2.75) is 19.4 Å². The van der Waals surface area contributed by atoms with Crippen LogP contribution in [0.4, 0.5) is 11.4 Å². The molecule has 1 aromatic carbocycles. The van der Waals surface area contributed by atoms with Crippen molar-refractivity contribution in [2.24, 2.45) is 0 Å². The third kappa shape index (κ3) is 5.59. The van der Waals surface area contributed by atoms with Gasteiger partial charge in [0.25, 0.3) is 5.91 Å². The molecule has 1 saturated heterocycles. The number of amides is 2. The molecule has 1 atom stereocenters. The molecule has 1 aliphatic rings. The van der Waals surface area contributed by atoms with Gasteiger partial charge < -0.3 is 25.1 Å². The Bertz CT molecular complexity index is 739. The number of nitrogens with one attached hydrogen (secondary N) is 3. The summed E-state index contributed by atoms with van der Waals surface area (Å²) in [6.45, 7) is 3.91. The lowest BCUT2D eigenvalue weighted by molar-refractivity contribution is -0.119. The Balaban J connectivity index is 0.00000243. The number of ether oxygens (including phenoxy) is 1. The van der Waals surface area contributed by atoms with E-state index in [-0.39, 0.29) is 36.1 Å². The standard InChI is InChI=1S/C18H21N3O4.ClH/c1-12-2-7-16(25-12)18(23)21-14-5-3-13(4-6-14)20-17(22)10-15-11-19-8-9-24-15;/h2-7,15,19H,8-11H2,1H3,(H,20,22)(H,21,23);1H. The highest BCUT2D eigenvalue weighted by molar-refractivity contribution is 6.02. The van der Waals surface area contributed by atoms with E-state index in [0.29, 0.717) is 36.7 Å². The predicted molar refractivity (Wildman–Crippen MR) is 101 cm³/mol. The lowest BCUT2D eigenvalue weighted by Crippen LogP contribution is -2.40. The second-order valence-corrected chi connectivity index (χ2v) is 5.89. The fraction of sp³-hybridized carbons (Fsp3) is 0.333. The molecule has 0 saturated carbocycles. The molecule has 1 fully saturated rings. The van der Waals surface area contributed by atoms with Crippen LogP contribution in [0.15, 0.2) is 40.8 Å². The first kappa shape index (κ1) is 20.0. The van der Waals surface area contributed by atoms with Crippen molar-refractivity contribution >= 4 is 35.6 Å². The third-order valence-corrected chi connectivity index (χ3v) is 3.81. The number of anilines is 2. The van der Waals surface area contributed by atoms with Gasteiger partial charge in [0.15, 0.2) is 5.76 Å². The highest BCUT2D eigenvalue weighted by Crippen LogP contribution is 2.16. The molecule has 26 heavy (non-hydrogen) atoms. The minimum absolute atomic E-state index is 0. The largest absolute Gasteiger partial charge is 0.456 e. The SMILES string of the molecule is Cc1ccc(C(=O)Nc2ccc(NC(=O)CC3CNCCO3)cc2)o1.Cl. The average Bonchev–Trinajstić information content (AvgIpc) is 3.04. The summed E-state index contributed by atoms with van der Waals surface area (Å²) in [5, 5.41) is 8.76. The first-order chi connectivity index (χ1) is 12.1. The number of hydrogen-bond acceptors (Lipinski definition) is 5. The van der Waals surface area contributed by atoms with Crippen LogP contribution in [0.1, 0.15) is 22.7 Å². The van der Waals surface area contributed by atoms with E-state index in [1.54, 1.807) is 43.3 Å². The minimum atomic E-state index is -0.313. The van der Waals surface area contributed by atoms with Crippen molar-refractivity contribution in [3.05, 3.63) is 47.9 Å². The van der Waals surface area contributed by atoms with Gasteiger partial charge in [-0.3, -0.25) is 9.59 Å². The average molecular weight is 380 g/mol. The topological polar surface area (TPSA) is 92.6 Å².